The quantitative estimate of drug-likeness (QED) is 0.339. The molecule has 4 N–H and O–H groups in total. The lowest BCUT2D eigenvalue weighted by Gasteiger charge is -2.02. The van der Waals surface area contributed by atoms with Gasteiger partial charge in [0.15, 0.2) is 0 Å². The van der Waals surface area contributed by atoms with Crippen LogP contribution in [0.4, 0.5) is 0 Å². The Balaban J connectivity index is 0.000000451. The lowest BCUT2D eigenvalue weighted by Crippen LogP contribution is -2.24. The number of hydrogen-bond acceptors (Lipinski definition) is 5. The van der Waals surface area contributed by atoms with Gasteiger partial charge in [-0.25, -0.2) is 0 Å². The van der Waals surface area contributed by atoms with Gasteiger partial charge in [0, 0.05) is 29.5 Å². The lowest BCUT2D eigenvalue weighted by molar-refractivity contribution is -0.136. The maximum Gasteiger partial charge on any atom is 0.303 e. The maximum atomic E-state index is 11.0. The minimum absolute atomic E-state index is 0.0336. The van der Waals surface area contributed by atoms with E-state index in [1.165, 1.54) is 5.56 Å². The van der Waals surface area contributed by atoms with Gasteiger partial charge in [-0.3, -0.25) is 9.59 Å². The molecule has 2 aromatic rings. The number of rotatable bonds is 8. The minimum Gasteiger partial charge on any atom is -0.481 e. The van der Waals surface area contributed by atoms with E-state index in [-0.39, 0.29) is 25.4 Å². The first-order chi connectivity index (χ1) is 14.5. The van der Waals surface area contributed by atoms with Gasteiger partial charge in [-0.1, -0.05) is 70.9 Å². The van der Waals surface area contributed by atoms with Crippen molar-refractivity contribution in [1.82, 2.24) is 5.32 Å². The van der Waals surface area contributed by atoms with E-state index < -0.39 is 5.97 Å². The van der Waals surface area contributed by atoms with Gasteiger partial charge in [-0.15, -0.1) is 0 Å². The molecule has 0 aliphatic rings. The van der Waals surface area contributed by atoms with Crippen molar-refractivity contribution in [2.45, 2.75) is 19.5 Å². The number of azide groups is 2. The summed E-state index contributed by atoms with van der Waals surface area (Å²) in [5.41, 5.74) is 23.2. The Kier molecular flexibility index (Phi) is 15.9. The molecule has 0 radical (unpaired) electrons. The van der Waals surface area contributed by atoms with Gasteiger partial charge < -0.3 is 16.2 Å². The van der Waals surface area contributed by atoms with Crippen molar-refractivity contribution in [3.63, 3.8) is 0 Å². The van der Waals surface area contributed by atoms with Crippen molar-refractivity contribution >= 4 is 11.9 Å². The zero-order valence-corrected chi connectivity index (χ0v) is 16.3. The summed E-state index contributed by atoms with van der Waals surface area (Å²) in [4.78, 5) is 25.6. The Morgan fingerprint density at radius 3 is 1.90 bits per heavy atom. The Hall–Kier alpha value is -4.04. The van der Waals surface area contributed by atoms with Crippen molar-refractivity contribution < 1.29 is 14.7 Å². The standard InChI is InChI=1S/C9H10N4O.C7H9N.C3H5N3O2/c10-13-12-7-9(14)11-6-8-4-2-1-3-5-8;8-6-7-4-2-1-3-5-7;4-6-5-2-1-3(7)8/h1-5H,6-7H2,(H,11,14);1-5H,6,8H2;1-2H2,(H,7,8). The number of nitrogens with two attached hydrogens (primary N) is 1. The van der Waals surface area contributed by atoms with Crippen LogP contribution in [0.5, 0.6) is 0 Å². The Morgan fingerprint density at radius 1 is 0.933 bits per heavy atom. The second-order valence-corrected chi connectivity index (χ2v) is 5.44. The molecule has 0 unspecified atom stereocenters. The number of nitrogens with one attached hydrogen (secondary N) is 1. The number of hydrogen-bond donors (Lipinski definition) is 3. The number of carbonyl (C=O) groups excluding carboxylic acids is 1. The van der Waals surface area contributed by atoms with Crippen LogP contribution in [-0.4, -0.2) is 30.1 Å². The van der Waals surface area contributed by atoms with Crippen molar-refractivity contribution in [2.24, 2.45) is 16.0 Å². The molecule has 0 fully saturated rings. The fourth-order valence-corrected chi connectivity index (χ4v) is 1.75. The van der Waals surface area contributed by atoms with Crippen molar-refractivity contribution in [3.8, 4) is 0 Å². The summed E-state index contributed by atoms with van der Waals surface area (Å²) in [6, 6.07) is 19.5. The number of amides is 1. The Morgan fingerprint density at radius 2 is 1.47 bits per heavy atom. The molecule has 2 aromatic carbocycles. The molecule has 0 bridgehead atoms. The number of nitrogens with zero attached hydrogens (tertiary/aromatic N) is 6. The van der Waals surface area contributed by atoms with E-state index in [2.05, 4.69) is 25.4 Å². The summed E-state index contributed by atoms with van der Waals surface area (Å²) in [7, 11) is 0. The molecular weight excluding hydrogens is 388 g/mol. The van der Waals surface area contributed by atoms with Crippen molar-refractivity contribution in [1.29, 1.82) is 0 Å². The van der Waals surface area contributed by atoms with Crippen LogP contribution in [-0.2, 0) is 22.7 Å². The van der Waals surface area contributed by atoms with Crippen molar-refractivity contribution in [3.05, 3.63) is 92.7 Å². The molecule has 30 heavy (non-hydrogen) atoms. The molecule has 0 aliphatic heterocycles. The summed E-state index contributed by atoms with van der Waals surface area (Å²) < 4.78 is 0. The largest absolute Gasteiger partial charge is 0.481 e. The second kappa shape index (κ2) is 18.3. The highest BCUT2D eigenvalue weighted by Gasteiger charge is 1.97. The third-order valence-corrected chi connectivity index (χ3v) is 3.18. The van der Waals surface area contributed by atoms with Crippen LogP contribution < -0.4 is 11.1 Å². The van der Waals surface area contributed by atoms with Gasteiger partial charge in [0.05, 0.1) is 6.42 Å². The highest BCUT2D eigenvalue weighted by Crippen LogP contribution is 1.96. The molecule has 0 aromatic heterocycles. The minimum atomic E-state index is -0.947. The molecule has 0 saturated heterocycles. The average Bonchev–Trinajstić information content (AvgIpc) is 2.78. The predicted molar refractivity (Wildman–Crippen MR) is 113 cm³/mol. The van der Waals surface area contributed by atoms with E-state index in [9.17, 15) is 9.59 Å². The Bertz CT molecular complexity index is 831. The summed E-state index contributed by atoms with van der Waals surface area (Å²) in [5.74, 6) is -1.22. The third-order valence-electron chi connectivity index (χ3n) is 3.18. The van der Waals surface area contributed by atoms with Gasteiger partial charge in [0.1, 0.15) is 6.54 Å². The van der Waals surface area contributed by atoms with E-state index in [1.807, 2.05) is 60.7 Å². The van der Waals surface area contributed by atoms with Crippen LogP contribution in [0.3, 0.4) is 0 Å². The van der Waals surface area contributed by atoms with Gasteiger partial charge in [0.2, 0.25) is 5.91 Å². The van der Waals surface area contributed by atoms with E-state index in [4.69, 9.17) is 21.9 Å². The Labute approximate surface area is 173 Å². The van der Waals surface area contributed by atoms with Gasteiger partial charge >= 0.3 is 5.97 Å². The fraction of sp³-hybridized carbons (Fsp3) is 0.263. The summed E-state index contributed by atoms with van der Waals surface area (Å²) in [6.07, 6.45) is -0.0932. The molecule has 11 heteroatoms. The SMILES string of the molecule is NCc1ccccc1.[N-]=[N+]=NCC(=O)NCc1ccccc1.[N-]=[N+]=NCCC(=O)O. The summed E-state index contributed by atoms with van der Waals surface area (Å²) in [5, 5.41) is 16.8. The number of carboxylic acid groups (broad SMARTS) is 1. The molecule has 0 spiro atoms. The molecule has 11 nitrogen and oxygen atoms in total. The monoisotopic (exact) mass is 412 g/mol. The van der Waals surface area contributed by atoms with Gasteiger partial charge in [0.25, 0.3) is 0 Å². The number of benzene rings is 2. The topological polar surface area (TPSA) is 190 Å². The summed E-state index contributed by atoms with van der Waals surface area (Å²) in [6.45, 7) is 0.983. The molecule has 158 valence electrons. The van der Waals surface area contributed by atoms with Crippen molar-refractivity contribution in [2.75, 3.05) is 13.1 Å². The zero-order chi connectivity index (χ0) is 22.5. The van der Waals surface area contributed by atoms with Gasteiger partial charge in [-0.05, 0) is 22.2 Å². The molecule has 2 rings (SSSR count). The van der Waals surface area contributed by atoms with Crippen LogP contribution in [0.25, 0.3) is 20.9 Å². The molecule has 0 heterocycles. The van der Waals surface area contributed by atoms with Gasteiger partial charge in [-0.2, -0.15) is 0 Å². The van der Waals surface area contributed by atoms with E-state index in [1.54, 1.807) is 0 Å². The van der Waals surface area contributed by atoms with Crippen LogP contribution >= 0.6 is 0 Å². The highest BCUT2D eigenvalue weighted by atomic mass is 16.4. The maximum absolute atomic E-state index is 11.0. The predicted octanol–water partition coefficient (Wildman–Crippen LogP) is 3.53. The first kappa shape index (κ1) is 26.0. The molecular formula is C19H24N8O3. The highest BCUT2D eigenvalue weighted by molar-refractivity contribution is 5.78. The summed E-state index contributed by atoms with van der Waals surface area (Å²) >= 11 is 0. The van der Waals surface area contributed by atoms with E-state index in [0.717, 1.165) is 5.56 Å². The fourth-order valence-electron chi connectivity index (χ4n) is 1.75. The molecule has 0 saturated carbocycles. The van der Waals surface area contributed by atoms with Crippen LogP contribution in [0, 0.1) is 0 Å². The van der Waals surface area contributed by atoms with Crippen LogP contribution in [0.1, 0.15) is 17.5 Å². The second-order valence-electron chi connectivity index (χ2n) is 5.44. The first-order valence-corrected chi connectivity index (χ1v) is 8.81. The normalized spacial score (nSPS) is 8.57. The van der Waals surface area contributed by atoms with E-state index in [0.29, 0.717) is 13.1 Å². The van der Waals surface area contributed by atoms with Crippen LogP contribution in [0.2, 0.25) is 0 Å². The van der Waals surface area contributed by atoms with E-state index >= 15 is 0 Å². The smallest absolute Gasteiger partial charge is 0.303 e. The molecule has 0 atom stereocenters. The molecule has 0 aliphatic carbocycles. The first-order valence-electron chi connectivity index (χ1n) is 8.81. The number of carbonyl (C=O) groups is 2. The number of aliphatic carboxylic acids is 1. The van der Waals surface area contributed by atoms with Crippen LogP contribution in [0.15, 0.2) is 70.9 Å². The lowest BCUT2D eigenvalue weighted by atomic mass is 10.2. The average molecular weight is 412 g/mol. The third kappa shape index (κ3) is 16.2. The number of carboxylic acids is 1. The molecule has 1 amide bonds. The zero-order valence-electron chi connectivity index (χ0n) is 16.3.